The topological polar surface area (TPSA) is 138 Å². The molecule has 1 aromatic carbocycles. The van der Waals surface area contributed by atoms with Crippen LogP contribution in [0.4, 0.5) is 23.8 Å². The number of hydrogen-bond donors (Lipinski definition) is 3. The Labute approximate surface area is 214 Å². The van der Waals surface area contributed by atoms with E-state index in [-0.39, 0.29) is 48.4 Å². The van der Waals surface area contributed by atoms with Crippen LogP contribution in [0.3, 0.4) is 0 Å². The number of nitrogens with zero attached hydrogens (tertiary/aromatic N) is 4. The summed E-state index contributed by atoms with van der Waals surface area (Å²) in [5.41, 5.74) is -0.593. The number of pyridine rings is 1. The molecular weight excluding hydrogens is 507 g/mol. The molecule has 0 spiro atoms. The number of nitrogens with one attached hydrogen (secondary N) is 1. The van der Waals surface area contributed by atoms with Crippen molar-refractivity contribution >= 4 is 34.8 Å². The summed E-state index contributed by atoms with van der Waals surface area (Å²) >= 11 is 0. The van der Waals surface area contributed by atoms with E-state index < -0.39 is 54.3 Å². The molecule has 2 fully saturated rings. The maximum Gasteiger partial charge on any atom is 0.432 e. The van der Waals surface area contributed by atoms with Crippen LogP contribution >= 0.6 is 0 Å². The van der Waals surface area contributed by atoms with Gasteiger partial charge < -0.3 is 20.4 Å². The van der Waals surface area contributed by atoms with Crippen LogP contribution in [0.15, 0.2) is 42.6 Å². The van der Waals surface area contributed by atoms with E-state index in [1.165, 1.54) is 42.6 Å². The first-order chi connectivity index (χ1) is 18.0. The summed E-state index contributed by atoms with van der Waals surface area (Å²) in [6.45, 7) is -0.370. The van der Waals surface area contributed by atoms with Crippen LogP contribution in [0.5, 0.6) is 5.75 Å². The number of phenols is 1. The van der Waals surface area contributed by atoms with Gasteiger partial charge in [0.2, 0.25) is 17.7 Å². The molecule has 2 amide bonds. The number of carbonyl (C=O) groups is 3. The number of rotatable bonds is 4. The zero-order chi connectivity index (χ0) is 27.2. The van der Waals surface area contributed by atoms with E-state index in [0.29, 0.717) is 5.56 Å². The molecule has 38 heavy (non-hydrogen) atoms. The summed E-state index contributed by atoms with van der Waals surface area (Å²) in [6, 6.07) is 7.24. The molecule has 0 radical (unpaired) electrons. The van der Waals surface area contributed by atoms with Crippen LogP contribution in [0.1, 0.15) is 37.7 Å². The second-order valence-corrected chi connectivity index (χ2v) is 9.72. The highest BCUT2D eigenvalue weighted by Gasteiger charge is 2.53. The third-order valence-corrected chi connectivity index (χ3v) is 7.34. The van der Waals surface area contributed by atoms with Gasteiger partial charge in [-0.2, -0.15) is 9.78 Å². The number of amides is 2. The minimum absolute atomic E-state index is 0.0488. The number of carboxylic acid groups (broad SMARTS) is 1. The number of aromatic hydroxyl groups is 1. The van der Waals surface area contributed by atoms with Gasteiger partial charge in [0.05, 0.1) is 23.7 Å². The monoisotopic (exact) mass is 531 g/mol. The predicted octanol–water partition coefficient (Wildman–Crippen LogP) is 3.69. The zero-order valence-electron chi connectivity index (χ0n) is 20.0. The highest BCUT2D eigenvalue weighted by Crippen LogP contribution is 2.47. The predicted molar refractivity (Wildman–Crippen MR) is 128 cm³/mol. The van der Waals surface area contributed by atoms with Gasteiger partial charge in [0.15, 0.2) is 0 Å². The molecule has 0 bridgehead atoms. The maximum atomic E-state index is 14.6. The van der Waals surface area contributed by atoms with Crippen LogP contribution in [0.2, 0.25) is 0 Å². The molecule has 5 rings (SSSR count). The van der Waals surface area contributed by atoms with Crippen molar-refractivity contribution in [1.82, 2.24) is 19.7 Å². The summed E-state index contributed by atoms with van der Waals surface area (Å²) in [6.07, 6.45) is -3.36. The van der Waals surface area contributed by atoms with Gasteiger partial charge in [0.25, 0.3) is 0 Å². The molecule has 2 atom stereocenters. The summed E-state index contributed by atoms with van der Waals surface area (Å²) in [7, 11) is 0. The lowest BCUT2D eigenvalue weighted by molar-refractivity contribution is -0.146. The number of aromatic nitrogens is 3. The molecule has 3 N–H and O–H groups in total. The van der Waals surface area contributed by atoms with Gasteiger partial charge in [-0.1, -0.05) is 12.1 Å². The van der Waals surface area contributed by atoms with Crippen LogP contribution in [0, 0.1) is 0 Å². The first kappa shape index (κ1) is 25.5. The first-order valence-electron chi connectivity index (χ1n) is 12.0. The molecule has 3 heterocycles. The number of carbonyl (C=O) groups excluding carboxylic acids is 2. The van der Waals surface area contributed by atoms with E-state index in [1.54, 1.807) is 0 Å². The molecule has 10 nitrogen and oxygen atoms in total. The number of fused-ring (bicyclic) bond motifs is 1. The van der Waals surface area contributed by atoms with E-state index in [2.05, 4.69) is 15.4 Å². The Bertz CT molecular complexity index is 1400. The Hall–Kier alpha value is -4.16. The van der Waals surface area contributed by atoms with Crippen molar-refractivity contribution in [1.29, 1.82) is 0 Å². The molecule has 1 aliphatic heterocycles. The number of alkyl halides is 3. The van der Waals surface area contributed by atoms with Crippen molar-refractivity contribution in [2.75, 3.05) is 11.9 Å². The van der Waals surface area contributed by atoms with E-state index >= 15 is 0 Å². The molecule has 1 saturated heterocycles. The van der Waals surface area contributed by atoms with Gasteiger partial charge in [-0.05, 0) is 42.7 Å². The Kier molecular flexibility index (Phi) is 6.24. The lowest BCUT2D eigenvalue weighted by atomic mass is 9.67. The van der Waals surface area contributed by atoms with Crippen molar-refractivity contribution in [2.24, 2.45) is 0 Å². The van der Waals surface area contributed by atoms with Gasteiger partial charge in [0, 0.05) is 19.3 Å². The van der Waals surface area contributed by atoms with E-state index in [1.807, 2.05) is 0 Å². The number of phenolic OH excluding ortho intramolecular Hbond substituents is 1. The average Bonchev–Trinajstić information content (AvgIpc) is 3.48. The second-order valence-electron chi connectivity index (χ2n) is 9.72. The number of halogens is 3. The standard InChI is InChI=1S/C25H24F3N5O5/c26-15-11-19(21(35)31-20-6-5-18-17(30-20)12-29-33(18)23(37)38)32(13-15)22(36)24(7-9-25(27,28)10-8-24)14-1-3-16(34)4-2-14/h1-6,12,15,19,34H,7-11,13H2,(H,37,38)(H,30,31,35)/t15-,19-/m1/s1. The molecule has 200 valence electrons. The van der Waals surface area contributed by atoms with Gasteiger partial charge in [-0.15, -0.1) is 0 Å². The van der Waals surface area contributed by atoms with E-state index in [9.17, 15) is 32.7 Å². The van der Waals surface area contributed by atoms with Crippen LogP contribution in [-0.2, 0) is 15.0 Å². The van der Waals surface area contributed by atoms with Gasteiger partial charge in [-0.3, -0.25) is 9.59 Å². The Balaban J connectivity index is 1.42. The lowest BCUT2D eigenvalue weighted by Gasteiger charge is -2.42. The largest absolute Gasteiger partial charge is 0.508 e. The number of benzene rings is 1. The van der Waals surface area contributed by atoms with Crippen molar-refractivity contribution in [2.45, 2.75) is 55.7 Å². The lowest BCUT2D eigenvalue weighted by Crippen LogP contribution is -2.54. The minimum atomic E-state index is -2.94. The Morgan fingerprint density at radius 1 is 1.03 bits per heavy atom. The number of likely N-dealkylation sites (tertiary alicyclic amines) is 1. The summed E-state index contributed by atoms with van der Waals surface area (Å²) in [4.78, 5) is 43.7. The molecular formula is C25H24F3N5O5. The second kappa shape index (κ2) is 9.30. The quantitative estimate of drug-likeness (QED) is 0.467. The van der Waals surface area contributed by atoms with Gasteiger partial charge >= 0.3 is 6.09 Å². The summed E-state index contributed by atoms with van der Waals surface area (Å²) < 4.78 is 43.5. The summed E-state index contributed by atoms with van der Waals surface area (Å²) in [5.74, 6) is -4.28. The summed E-state index contributed by atoms with van der Waals surface area (Å²) in [5, 5.41) is 25.1. The van der Waals surface area contributed by atoms with Crippen molar-refractivity contribution in [3.8, 4) is 5.75 Å². The highest BCUT2D eigenvalue weighted by molar-refractivity contribution is 5.99. The molecule has 13 heteroatoms. The van der Waals surface area contributed by atoms with Crippen molar-refractivity contribution < 1.29 is 37.8 Å². The smallest absolute Gasteiger partial charge is 0.432 e. The Morgan fingerprint density at radius 2 is 1.71 bits per heavy atom. The van der Waals surface area contributed by atoms with Crippen molar-refractivity contribution in [3.05, 3.63) is 48.2 Å². The fourth-order valence-corrected chi connectivity index (χ4v) is 5.33. The maximum absolute atomic E-state index is 14.6. The fourth-order valence-electron chi connectivity index (χ4n) is 5.33. The van der Waals surface area contributed by atoms with Crippen LogP contribution in [0.25, 0.3) is 11.0 Å². The zero-order valence-corrected chi connectivity index (χ0v) is 20.0. The third kappa shape index (κ3) is 4.52. The van der Waals surface area contributed by atoms with Crippen molar-refractivity contribution in [3.63, 3.8) is 0 Å². The number of hydrogen-bond acceptors (Lipinski definition) is 6. The first-order valence-corrected chi connectivity index (χ1v) is 12.0. The molecule has 0 unspecified atom stereocenters. The van der Waals surface area contributed by atoms with E-state index in [0.717, 1.165) is 9.58 Å². The third-order valence-electron chi connectivity index (χ3n) is 7.34. The van der Waals surface area contributed by atoms with Crippen LogP contribution < -0.4 is 5.32 Å². The average molecular weight is 531 g/mol. The number of anilines is 1. The molecule has 1 aliphatic carbocycles. The van der Waals surface area contributed by atoms with Gasteiger partial charge in [0.1, 0.15) is 29.3 Å². The molecule has 3 aromatic rings. The molecule has 2 aliphatic rings. The molecule has 1 saturated carbocycles. The minimum Gasteiger partial charge on any atom is -0.508 e. The highest BCUT2D eigenvalue weighted by atomic mass is 19.3. The fraction of sp³-hybridized carbons (Fsp3) is 0.400. The van der Waals surface area contributed by atoms with Gasteiger partial charge in [-0.25, -0.2) is 22.9 Å². The normalized spacial score (nSPS) is 22.3. The van der Waals surface area contributed by atoms with Crippen LogP contribution in [-0.4, -0.2) is 72.5 Å². The SMILES string of the molecule is O=C(Nc1ccc2c(cnn2C(=O)O)n1)[C@H]1C[C@@H](F)CN1C(=O)C1(c2ccc(O)cc2)CCC(F)(F)CC1. The Morgan fingerprint density at radius 3 is 2.37 bits per heavy atom. The van der Waals surface area contributed by atoms with E-state index in [4.69, 9.17) is 5.11 Å². The molecule has 2 aromatic heterocycles.